The molecular formula is C23H29N3O6S. The number of amides is 2. The number of carbonyl (C=O) groups is 2. The van der Waals surface area contributed by atoms with Crippen LogP contribution in [0.25, 0.3) is 0 Å². The highest BCUT2D eigenvalue weighted by Crippen LogP contribution is 2.38. The summed E-state index contributed by atoms with van der Waals surface area (Å²) < 4.78 is 21.2. The zero-order valence-corrected chi connectivity index (χ0v) is 20.1. The molecule has 0 saturated carbocycles. The van der Waals surface area contributed by atoms with Crippen LogP contribution < -0.4 is 35.1 Å². The molecule has 0 heterocycles. The summed E-state index contributed by atoms with van der Waals surface area (Å²) in [5.74, 6) is 1.05. The monoisotopic (exact) mass is 475 g/mol. The van der Waals surface area contributed by atoms with Gasteiger partial charge in [0.1, 0.15) is 5.75 Å². The predicted molar refractivity (Wildman–Crippen MR) is 128 cm³/mol. The number of hydrogen-bond acceptors (Lipinski definition) is 7. The quantitative estimate of drug-likeness (QED) is 0.375. The van der Waals surface area contributed by atoms with Crippen LogP contribution >= 0.6 is 12.2 Å². The highest BCUT2D eigenvalue weighted by atomic mass is 32.1. The molecule has 0 aliphatic heterocycles. The van der Waals surface area contributed by atoms with E-state index in [2.05, 4.69) is 30.0 Å². The SMILES string of the molecule is CCC(C)c1ccc(OCC(=O)NNC(=S)NC(=O)c2cc(OC)c(OC)c(OC)c2)cc1. The minimum Gasteiger partial charge on any atom is -0.493 e. The molecule has 2 aromatic rings. The van der Waals surface area contributed by atoms with Crippen LogP contribution in [0.3, 0.4) is 0 Å². The van der Waals surface area contributed by atoms with Crippen molar-refractivity contribution in [2.75, 3.05) is 27.9 Å². The molecule has 2 amide bonds. The van der Waals surface area contributed by atoms with Crippen molar-refractivity contribution < 1.29 is 28.5 Å². The van der Waals surface area contributed by atoms with E-state index in [1.807, 2.05) is 24.3 Å². The van der Waals surface area contributed by atoms with E-state index in [9.17, 15) is 9.59 Å². The van der Waals surface area contributed by atoms with Gasteiger partial charge in [-0.3, -0.25) is 25.8 Å². The molecule has 0 spiro atoms. The number of methoxy groups -OCH3 is 3. The van der Waals surface area contributed by atoms with Gasteiger partial charge in [-0.05, 0) is 54.4 Å². The fourth-order valence-corrected chi connectivity index (χ4v) is 3.00. The van der Waals surface area contributed by atoms with Gasteiger partial charge in [-0.15, -0.1) is 0 Å². The predicted octanol–water partition coefficient (Wildman–Crippen LogP) is 2.94. The number of thiocarbonyl (C=S) groups is 1. The van der Waals surface area contributed by atoms with E-state index in [1.165, 1.54) is 39.0 Å². The zero-order valence-electron chi connectivity index (χ0n) is 19.3. The Morgan fingerprint density at radius 3 is 2.09 bits per heavy atom. The van der Waals surface area contributed by atoms with E-state index < -0.39 is 11.8 Å². The molecule has 3 N–H and O–H groups in total. The second-order valence-electron chi connectivity index (χ2n) is 7.04. The van der Waals surface area contributed by atoms with Crippen LogP contribution in [0, 0.1) is 0 Å². The molecule has 0 aliphatic rings. The largest absolute Gasteiger partial charge is 0.493 e. The third-order valence-electron chi connectivity index (χ3n) is 4.90. The lowest BCUT2D eigenvalue weighted by Gasteiger charge is -2.15. The van der Waals surface area contributed by atoms with Crippen molar-refractivity contribution in [3.8, 4) is 23.0 Å². The molecule has 0 fully saturated rings. The first-order valence-electron chi connectivity index (χ1n) is 10.3. The number of nitrogens with one attached hydrogen (secondary N) is 3. The minimum atomic E-state index is -0.529. The number of ether oxygens (including phenoxy) is 4. The molecule has 9 nitrogen and oxygen atoms in total. The second kappa shape index (κ2) is 12.5. The molecule has 0 aromatic heterocycles. The molecule has 2 rings (SSSR count). The van der Waals surface area contributed by atoms with Crippen LogP contribution in [-0.2, 0) is 4.79 Å². The van der Waals surface area contributed by atoms with Gasteiger partial charge < -0.3 is 18.9 Å². The summed E-state index contributed by atoms with van der Waals surface area (Å²) in [5.41, 5.74) is 6.27. The third-order valence-corrected chi connectivity index (χ3v) is 5.10. The Balaban J connectivity index is 1.84. The number of hydrazine groups is 1. The van der Waals surface area contributed by atoms with Gasteiger partial charge in [0.05, 0.1) is 21.3 Å². The maximum absolute atomic E-state index is 12.5. The first kappa shape index (κ1) is 25.7. The van der Waals surface area contributed by atoms with Crippen LogP contribution in [0.4, 0.5) is 0 Å². The maximum Gasteiger partial charge on any atom is 0.276 e. The standard InChI is InChI=1S/C23H29N3O6S/c1-6-14(2)15-7-9-17(10-8-15)32-13-20(27)25-26-23(33)24-22(28)16-11-18(29-3)21(31-5)19(12-16)30-4/h7-12,14H,6,13H2,1-5H3,(H,25,27)(H2,24,26,28,33). The van der Waals surface area contributed by atoms with E-state index in [1.54, 1.807) is 0 Å². The molecule has 0 radical (unpaired) electrons. The zero-order chi connectivity index (χ0) is 24.4. The van der Waals surface area contributed by atoms with Gasteiger partial charge >= 0.3 is 0 Å². The molecule has 178 valence electrons. The summed E-state index contributed by atoms with van der Waals surface area (Å²) in [5, 5.41) is 2.36. The van der Waals surface area contributed by atoms with Gasteiger partial charge in [-0.1, -0.05) is 26.0 Å². The van der Waals surface area contributed by atoms with E-state index >= 15 is 0 Å². The lowest BCUT2D eigenvalue weighted by atomic mass is 9.99. The lowest BCUT2D eigenvalue weighted by Crippen LogP contribution is -2.49. The Morgan fingerprint density at radius 2 is 1.58 bits per heavy atom. The Kier molecular flexibility index (Phi) is 9.74. The highest BCUT2D eigenvalue weighted by molar-refractivity contribution is 7.80. The lowest BCUT2D eigenvalue weighted by molar-refractivity contribution is -0.123. The smallest absolute Gasteiger partial charge is 0.276 e. The van der Waals surface area contributed by atoms with Crippen molar-refractivity contribution in [3.05, 3.63) is 47.5 Å². The summed E-state index contributed by atoms with van der Waals surface area (Å²) >= 11 is 5.06. The van der Waals surface area contributed by atoms with E-state index in [4.69, 9.17) is 31.2 Å². The summed E-state index contributed by atoms with van der Waals surface area (Å²) in [4.78, 5) is 24.5. The molecule has 1 unspecified atom stereocenters. The Bertz CT molecular complexity index is 956. The van der Waals surface area contributed by atoms with Crippen LogP contribution in [0.15, 0.2) is 36.4 Å². The van der Waals surface area contributed by atoms with Gasteiger partial charge in [0.25, 0.3) is 11.8 Å². The molecule has 0 saturated heterocycles. The van der Waals surface area contributed by atoms with Crippen molar-refractivity contribution in [1.82, 2.24) is 16.2 Å². The van der Waals surface area contributed by atoms with Gasteiger partial charge in [0.15, 0.2) is 23.2 Å². The number of rotatable bonds is 9. The van der Waals surface area contributed by atoms with Gasteiger partial charge in [0, 0.05) is 5.56 Å². The van der Waals surface area contributed by atoms with Crippen molar-refractivity contribution in [3.63, 3.8) is 0 Å². The first-order valence-corrected chi connectivity index (χ1v) is 10.7. The van der Waals surface area contributed by atoms with Crippen molar-refractivity contribution >= 4 is 29.1 Å². The average Bonchev–Trinajstić information content (AvgIpc) is 2.84. The summed E-state index contributed by atoms with van der Waals surface area (Å²) in [6.07, 6.45) is 1.05. The molecule has 0 bridgehead atoms. The van der Waals surface area contributed by atoms with Crippen LogP contribution in [-0.4, -0.2) is 44.9 Å². The normalized spacial score (nSPS) is 11.1. The Hall–Kier alpha value is -3.53. The number of hydrogen-bond donors (Lipinski definition) is 3. The maximum atomic E-state index is 12.5. The van der Waals surface area contributed by atoms with Crippen LogP contribution in [0.2, 0.25) is 0 Å². The summed E-state index contributed by atoms with van der Waals surface area (Å²) in [6, 6.07) is 10.6. The number of benzene rings is 2. The Morgan fingerprint density at radius 1 is 0.970 bits per heavy atom. The minimum absolute atomic E-state index is 0.0972. The first-order chi connectivity index (χ1) is 15.8. The van der Waals surface area contributed by atoms with Gasteiger partial charge in [-0.2, -0.15) is 0 Å². The average molecular weight is 476 g/mol. The molecular weight excluding hydrogens is 446 g/mol. The van der Waals surface area contributed by atoms with E-state index in [0.29, 0.717) is 28.9 Å². The Labute approximate surface area is 198 Å². The summed E-state index contributed by atoms with van der Waals surface area (Å²) in [6.45, 7) is 4.06. The van der Waals surface area contributed by atoms with Gasteiger partial charge in [0.2, 0.25) is 5.75 Å². The van der Waals surface area contributed by atoms with Crippen LogP contribution in [0.1, 0.15) is 42.1 Å². The molecule has 33 heavy (non-hydrogen) atoms. The molecule has 2 aromatic carbocycles. The fourth-order valence-electron chi connectivity index (χ4n) is 2.86. The van der Waals surface area contributed by atoms with Crippen molar-refractivity contribution in [1.29, 1.82) is 0 Å². The topological polar surface area (TPSA) is 107 Å². The molecule has 1 atom stereocenters. The molecule has 10 heteroatoms. The van der Waals surface area contributed by atoms with Crippen molar-refractivity contribution in [2.45, 2.75) is 26.2 Å². The van der Waals surface area contributed by atoms with Gasteiger partial charge in [-0.25, -0.2) is 0 Å². The summed E-state index contributed by atoms with van der Waals surface area (Å²) in [7, 11) is 4.36. The second-order valence-corrected chi connectivity index (χ2v) is 7.45. The highest BCUT2D eigenvalue weighted by Gasteiger charge is 2.18. The third kappa shape index (κ3) is 7.25. The fraction of sp³-hybridized carbons (Fsp3) is 0.348. The number of carbonyl (C=O) groups excluding carboxylic acids is 2. The molecule has 0 aliphatic carbocycles. The van der Waals surface area contributed by atoms with E-state index in [0.717, 1.165) is 6.42 Å². The van der Waals surface area contributed by atoms with E-state index in [-0.39, 0.29) is 17.3 Å². The van der Waals surface area contributed by atoms with Crippen molar-refractivity contribution in [2.24, 2.45) is 0 Å². The van der Waals surface area contributed by atoms with Crippen LogP contribution in [0.5, 0.6) is 23.0 Å².